The Morgan fingerprint density at radius 1 is 1.00 bits per heavy atom. The zero-order valence-electron chi connectivity index (χ0n) is 11.9. The molecular weight excluding hydrogens is 337 g/mol. The van der Waals surface area contributed by atoms with Gasteiger partial charge in [0.2, 0.25) is 0 Å². The van der Waals surface area contributed by atoms with E-state index < -0.39 is 5.69 Å². The van der Waals surface area contributed by atoms with Gasteiger partial charge >= 0.3 is 0 Å². The standard InChI is InChI=1S/C12H27O2PS2.Zn/c1-3-5-7-9-11-14-15(13,16)17-12-10-8-6-4-2;/h3-12H2,1-2H3,(H,13,16);/p-1. The summed E-state index contributed by atoms with van der Waals surface area (Å²) in [7, 11) is 0. The third-order valence-corrected chi connectivity index (χ3v) is 6.86. The topological polar surface area (TPSA) is 32.3 Å². The Morgan fingerprint density at radius 2 is 1.56 bits per heavy atom. The van der Waals surface area contributed by atoms with Crippen LogP contribution in [0.4, 0.5) is 0 Å². The van der Waals surface area contributed by atoms with E-state index >= 15 is 0 Å². The van der Waals surface area contributed by atoms with E-state index in [0.29, 0.717) is 6.61 Å². The fraction of sp³-hybridized carbons (Fsp3) is 1.00. The molecule has 0 bridgehead atoms. The van der Waals surface area contributed by atoms with Gasteiger partial charge in [-0.3, -0.25) is 0 Å². The zero-order valence-corrected chi connectivity index (χ0v) is 17.4. The van der Waals surface area contributed by atoms with E-state index in [1.165, 1.54) is 43.5 Å². The quantitative estimate of drug-likeness (QED) is 0.291. The van der Waals surface area contributed by atoms with Crippen LogP contribution in [0.3, 0.4) is 0 Å². The van der Waals surface area contributed by atoms with Gasteiger partial charge in [-0.15, -0.1) is 11.4 Å². The van der Waals surface area contributed by atoms with Gasteiger partial charge in [-0.1, -0.05) is 64.2 Å². The van der Waals surface area contributed by atoms with Gasteiger partial charge in [0.1, 0.15) is 0 Å². The van der Waals surface area contributed by atoms with Gasteiger partial charge in [-0.25, -0.2) is 0 Å². The fourth-order valence-corrected chi connectivity index (χ4v) is 4.83. The molecule has 0 fully saturated rings. The number of unbranched alkanes of at least 4 members (excludes halogenated alkanes) is 6. The van der Waals surface area contributed by atoms with Crippen molar-refractivity contribution in [1.82, 2.24) is 0 Å². The van der Waals surface area contributed by atoms with Crippen LogP contribution < -0.4 is 4.89 Å². The molecule has 0 saturated carbocycles. The normalized spacial score (nSPS) is 13.9. The number of rotatable bonds is 12. The molecule has 0 saturated heterocycles. The molecule has 6 heteroatoms. The Balaban J connectivity index is 0. The third kappa shape index (κ3) is 15.6. The molecule has 0 amide bonds. The van der Waals surface area contributed by atoms with Gasteiger partial charge in [0, 0.05) is 25.2 Å². The summed E-state index contributed by atoms with van der Waals surface area (Å²) in [4.78, 5) is 11.8. The predicted molar refractivity (Wildman–Crippen MR) is 81.0 cm³/mol. The maximum absolute atomic E-state index is 11.8. The number of hydrogen-bond acceptors (Lipinski definition) is 4. The van der Waals surface area contributed by atoms with Gasteiger partial charge < -0.3 is 9.42 Å². The molecule has 0 aromatic rings. The molecular formula is C12H26O2PS2Zn-. The Bertz CT molecular complexity index is 200. The summed E-state index contributed by atoms with van der Waals surface area (Å²) >= 11 is 6.34. The summed E-state index contributed by atoms with van der Waals surface area (Å²) < 4.78 is 5.32. The summed E-state index contributed by atoms with van der Waals surface area (Å²) in [5.41, 5.74) is -2.79. The minimum Gasteiger partial charge on any atom is -0.793 e. The first-order chi connectivity index (χ1) is 8.12. The van der Waals surface area contributed by atoms with E-state index in [0.717, 1.165) is 25.0 Å². The van der Waals surface area contributed by atoms with Crippen molar-refractivity contribution >= 4 is 28.9 Å². The molecule has 106 valence electrons. The van der Waals surface area contributed by atoms with Crippen LogP contribution in [0.2, 0.25) is 0 Å². The molecule has 0 aromatic heterocycles. The van der Waals surface area contributed by atoms with Crippen molar-refractivity contribution < 1.29 is 28.9 Å². The van der Waals surface area contributed by atoms with Crippen molar-refractivity contribution in [3.63, 3.8) is 0 Å². The Morgan fingerprint density at radius 3 is 2.11 bits per heavy atom. The van der Waals surface area contributed by atoms with Crippen LogP contribution in [0.1, 0.15) is 65.2 Å². The molecule has 0 heterocycles. The smallest absolute Gasteiger partial charge is 0.0513 e. The maximum Gasteiger partial charge on any atom is 0.0513 e. The van der Waals surface area contributed by atoms with Crippen LogP contribution in [0.15, 0.2) is 0 Å². The summed E-state index contributed by atoms with van der Waals surface area (Å²) in [5.74, 6) is 0.871. The first-order valence-corrected chi connectivity index (χ1v) is 11.0. The molecule has 0 aliphatic heterocycles. The fourth-order valence-electron chi connectivity index (χ4n) is 1.45. The number of hydrogen-bond donors (Lipinski definition) is 0. The van der Waals surface area contributed by atoms with Crippen LogP contribution in [0.25, 0.3) is 0 Å². The van der Waals surface area contributed by atoms with Crippen molar-refractivity contribution in [3.05, 3.63) is 0 Å². The van der Waals surface area contributed by atoms with Crippen LogP contribution in [0, 0.1) is 0 Å². The molecule has 18 heavy (non-hydrogen) atoms. The summed E-state index contributed by atoms with van der Waals surface area (Å²) in [5, 5.41) is 0. The van der Waals surface area contributed by atoms with E-state index in [2.05, 4.69) is 13.8 Å². The Hall–Kier alpha value is 1.54. The van der Waals surface area contributed by atoms with E-state index in [4.69, 9.17) is 16.3 Å². The summed E-state index contributed by atoms with van der Waals surface area (Å²) in [6.45, 7) is 4.91. The van der Waals surface area contributed by atoms with Crippen LogP contribution >= 0.6 is 17.1 Å². The second kappa shape index (κ2) is 14.9. The van der Waals surface area contributed by atoms with E-state index in [1.54, 1.807) is 0 Å². The van der Waals surface area contributed by atoms with Crippen molar-refractivity contribution in [1.29, 1.82) is 0 Å². The van der Waals surface area contributed by atoms with Gasteiger partial charge in [0.05, 0.1) is 6.61 Å². The molecule has 0 spiro atoms. The molecule has 0 radical (unpaired) electrons. The minimum atomic E-state index is -2.79. The van der Waals surface area contributed by atoms with Gasteiger partial charge in [0.25, 0.3) is 0 Å². The molecule has 0 rings (SSSR count). The molecule has 0 aliphatic rings. The molecule has 0 aromatic carbocycles. The van der Waals surface area contributed by atoms with Gasteiger partial charge in [-0.2, -0.15) is 0 Å². The second-order valence-electron chi connectivity index (χ2n) is 4.23. The van der Waals surface area contributed by atoms with E-state index in [-0.39, 0.29) is 19.5 Å². The second-order valence-corrected chi connectivity index (χ2v) is 10.4. The average Bonchev–Trinajstić information content (AvgIpc) is 2.28. The van der Waals surface area contributed by atoms with Crippen molar-refractivity contribution in [2.45, 2.75) is 65.2 Å². The van der Waals surface area contributed by atoms with Gasteiger partial charge in [-0.05, 0) is 18.6 Å². The van der Waals surface area contributed by atoms with Crippen LogP contribution in [-0.4, -0.2) is 12.4 Å². The van der Waals surface area contributed by atoms with Gasteiger partial charge in [0.15, 0.2) is 0 Å². The first-order valence-electron chi connectivity index (χ1n) is 6.72. The molecule has 0 N–H and O–H groups in total. The third-order valence-electron chi connectivity index (χ3n) is 2.49. The SMILES string of the molecule is CCCCCCOP([O-])(=S)SCCCCCC.[Zn]. The molecule has 1 unspecified atom stereocenters. The van der Waals surface area contributed by atoms with Crippen molar-refractivity contribution in [3.8, 4) is 0 Å². The average molecular weight is 363 g/mol. The van der Waals surface area contributed by atoms with Crippen molar-refractivity contribution in [2.24, 2.45) is 0 Å². The predicted octanol–water partition coefficient (Wildman–Crippen LogP) is 4.48. The Kier molecular flexibility index (Phi) is 18.1. The van der Waals surface area contributed by atoms with E-state index in [9.17, 15) is 4.89 Å². The Labute approximate surface area is 135 Å². The molecule has 1 atom stereocenters. The van der Waals surface area contributed by atoms with E-state index in [1.807, 2.05) is 0 Å². The molecule has 0 aliphatic carbocycles. The van der Waals surface area contributed by atoms with Crippen molar-refractivity contribution in [2.75, 3.05) is 12.4 Å². The summed E-state index contributed by atoms with van der Waals surface area (Å²) in [6, 6.07) is 0. The zero-order chi connectivity index (χ0) is 13.0. The van der Waals surface area contributed by atoms with Crippen LogP contribution in [-0.2, 0) is 35.8 Å². The first kappa shape index (κ1) is 21.8. The summed E-state index contributed by atoms with van der Waals surface area (Å²) in [6.07, 6.45) is 9.32. The minimum absolute atomic E-state index is 0. The maximum atomic E-state index is 11.8. The largest absolute Gasteiger partial charge is 0.793 e. The van der Waals surface area contributed by atoms with Crippen LogP contribution in [0.5, 0.6) is 0 Å². The molecule has 2 nitrogen and oxygen atoms in total. The monoisotopic (exact) mass is 361 g/mol.